The van der Waals surface area contributed by atoms with Gasteiger partial charge in [-0.3, -0.25) is 9.59 Å². The van der Waals surface area contributed by atoms with Crippen molar-refractivity contribution in [3.05, 3.63) is 72.9 Å². The molecule has 0 aliphatic carbocycles. The Morgan fingerprint density at radius 2 is 0.792 bits per heavy atom. The second-order valence-electron chi connectivity index (χ2n) is 20.9. The van der Waals surface area contributed by atoms with Crippen LogP contribution in [0.25, 0.3) is 0 Å². The molecule has 0 aromatic carbocycles. The van der Waals surface area contributed by atoms with E-state index in [0.29, 0.717) is 23.9 Å². The number of carbonyl (C=O) groups is 3. The molecule has 0 amide bonds. The molecule has 0 aliphatic rings. The van der Waals surface area contributed by atoms with Crippen molar-refractivity contribution in [2.24, 2.45) is 0 Å². The third-order valence-electron chi connectivity index (χ3n) is 12.7. The normalized spacial score (nSPS) is 13.3. The van der Waals surface area contributed by atoms with E-state index in [1.165, 1.54) is 135 Å². The van der Waals surface area contributed by atoms with E-state index in [1.54, 1.807) is 0 Å². The maximum Gasteiger partial charge on any atom is 0.361 e. The molecule has 0 aliphatic heterocycles. The molecule has 2 unspecified atom stereocenters. The minimum absolute atomic E-state index is 0.180. The molecule has 9 nitrogen and oxygen atoms in total. The lowest BCUT2D eigenvalue weighted by Gasteiger charge is -2.25. The van der Waals surface area contributed by atoms with E-state index in [2.05, 4.69) is 86.8 Å². The number of hydrogen-bond acceptors (Lipinski definition) is 7. The van der Waals surface area contributed by atoms with Crippen molar-refractivity contribution in [3.63, 3.8) is 0 Å². The molecule has 0 radical (unpaired) electrons. The third-order valence-corrected chi connectivity index (χ3v) is 12.7. The number of carboxylic acid groups (broad SMARTS) is 1. The fourth-order valence-corrected chi connectivity index (χ4v) is 8.19. The Morgan fingerprint density at radius 3 is 1.18 bits per heavy atom. The zero-order valence-electron chi connectivity index (χ0n) is 47.3. The molecule has 0 aromatic heterocycles. The second-order valence-corrected chi connectivity index (χ2v) is 20.9. The lowest BCUT2D eigenvalue weighted by molar-refractivity contribution is -0.870. The Kier molecular flexibility index (Phi) is 51.6. The Morgan fingerprint density at radius 1 is 0.431 bits per heavy atom. The predicted molar refractivity (Wildman–Crippen MR) is 304 cm³/mol. The minimum atomic E-state index is -1.52. The van der Waals surface area contributed by atoms with Crippen LogP contribution in [-0.4, -0.2) is 87.4 Å². The van der Waals surface area contributed by atoms with Gasteiger partial charge in [-0.2, -0.15) is 0 Å². The van der Waals surface area contributed by atoms with E-state index in [4.69, 9.17) is 18.9 Å². The predicted octanol–water partition coefficient (Wildman–Crippen LogP) is 17.4. The van der Waals surface area contributed by atoms with Gasteiger partial charge in [0.1, 0.15) is 13.2 Å². The van der Waals surface area contributed by atoms with Crippen LogP contribution in [0.2, 0.25) is 0 Å². The number of aliphatic carboxylic acids is 1. The lowest BCUT2D eigenvalue weighted by Crippen LogP contribution is -2.40. The highest BCUT2D eigenvalue weighted by atomic mass is 16.7. The molecule has 0 saturated heterocycles. The van der Waals surface area contributed by atoms with Gasteiger partial charge in [-0.1, -0.05) is 247 Å². The van der Waals surface area contributed by atoms with Gasteiger partial charge in [0.05, 0.1) is 34.4 Å². The van der Waals surface area contributed by atoms with Crippen molar-refractivity contribution in [3.8, 4) is 0 Å². The number of allylic oxidation sites excluding steroid dienone is 12. The molecule has 2 atom stereocenters. The molecule has 9 heteroatoms. The highest BCUT2D eigenvalue weighted by Gasteiger charge is 2.25. The van der Waals surface area contributed by atoms with Crippen LogP contribution in [0.4, 0.5) is 0 Å². The summed E-state index contributed by atoms with van der Waals surface area (Å²) in [4.78, 5) is 37.4. The monoisotopic (exact) mass is 1010 g/mol. The molecular weight excluding hydrogens is 899 g/mol. The van der Waals surface area contributed by atoms with Gasteiger partial charge in [0.2, 0.25) is 0 Å². The van der Waals surface area contributed by atoms with Crippen molar-refractivity contribution < 1.29 is 42.9 Å². The molecule has 0 fully saturated rings. The number of likely N-dealkylation sites (N-methyl/N-ethyl adjacent to an activating group) is 1. The van der Waals surface area contributed by atoms with Crippen molar-refractivity contribution in [2.45, 2.75) is 264 Å². The highest BCUT2D eigenvalue weighted by molar-refractivity contribution is 5.71. The molecule has 72 heavy (non-hydrogen) atoms. The van der Waals surface area contributed by atoms with Gasteiger partial charge in [0.25, 0.3) is 6.29 Å². The summed E-state index contributed by atoms with van der Waals surface area (Å²) in [6, 6.07) is 0. The number of quaternary nitrogens is 1. The van der Waals surface area contributed by atoms with E-state index < -0.39 is 24.3 Å². The molecule has 0 bridgehead atoms. The van der Waals surface area contributed by atoms with Crippen LogP contribution in [0, 0.1) is 0 Å². The Hall–Kier alpha value is -3.27. The number of ether oxygens (including phenoxy) is 4. The topological polar surface area (TPSA) is 108 Å². The molecule has 0 aromatic rings. The zero-order valence-corrected chi connectivity index (χ0v) is 47.3. The summed E-state index contributed by atoms with van der Waals surface area (Å²) < 4.78 is 22.9. The van der Waals surface area contributed by atoms with Crippen molar-refractivity contribution in [1.29, 1.82) is 0 Å². The summed E-state index contributed by atoms with van der Waals surface area (Å²) >= 11 is 0. The number of esters is 2. The van der Waals surface area contributed by atoms with E-state index in [9.17, 15) is 19.5 Å². The molecule has 0 heterocycles. The van der Waals surface area contributed by atoms with E-state index >= 15 is 0 Å². The summed E-state index contributed by atoms with van der Waals surface area (Å²) in [6.45, 7) is 4.76. The van der Waals surface area contributed by atoms with Crippen LogP contribution in [0.5, 0.6) is 0 Å². The number of hydrogen-bond donors (Lipinski definition) is 1. The van der Waals surface area contributed by atoms with Crippen LogP contribution >= 0.6 is 0 Å². The van der Waals surface area contributed by atoms with E-state index in [1.807, 2.05) is 21.1 Å². The van der Waals surface area contributed by atoms with Gasteiger partial charge in [-0.05, 0) is 64.2 Å². The zero-order chi connectivity index (χ0) is 52.7. The molecular formula is C63H112NO8+. The number of carbonyl (C=O) groups excluding carboxylic acids is 2. The standard InChI is InChI=1S/C63H111NO8/c1-6-8-10-12-14-16-18-20-22-24-26-28-30-32-33-35-37-39-41-43-45-47-49-51-53-60(65)70-57-59(58-71-63(62(67)68)69-56-55-64(3,4)5)72-61(66)54-52-50-48-46-44-42-40-38-36-34-31-29-27-25-23-21-19-17-15-13-11-9-7-2/h9,11,15,17,21,23,27,29,34,36,40,42,59,63H,6-8,10,12-14,16,18-20,22,24-26,28,30-33,35,37-39,41,43-58H2,1-5H3/p+1/b11-9-,17-15-,23-21-,29-27-,36-34-,42-40-. The van der Waals surface area contributed by atoms with E-state index in [-0.39, 0.29) is 32.2 Å². The van der Waals surface area contributed by atoms with Crippen molar-refractivity contribution in [2.75, 3.05) is 47.5 Å². The van der Waals surface area contributed by atoms with Gasteiger partial charge < -0.3 is 28.5 Å². The maximum absolute atomic E-state index is 12.9. The third kappa shape index (κ3) is 54.5. The van der Waals surface area contributed by atoms with Crippen molar-refractivity contribution in [1.82, 2.24) is 0 Å². The molecule has 0 spiro atoms. The fraction of sp³-hybridized carbons (Fsp3) is 0.762. The Bertz CT molecular complexity index is 1410. The van der Waals surface area contributed by atoms with Crippen LogP contribution in [-0.2, 0) is 33.3 Å². The number of carboxylic acids is 1. The van der Waals surface area contributed by atoms with Gasteiger partial charge in [0, 0.05) is 12.8 Å². The SMILES string of the molecule is CC/C=C\C/C=C\C/C=C\C/C=C\C/C=C\C/C=C\CCCCCCC(=O)OC(COC(=O)CCCCCCCCCCCCCCCCCCCCCCCCCC)COC(OCC[N+](C)(C)C)C(=O)O. The largest absolute Gasteiger partial charge is 0.477 e. The summed E-state index contributed by atoms with van der Waals surface area (Å²) in [7, 11) is 5.96. The van der Waals surface area contributed by atoms with E-state index in [0.717, 1.165) is 83.5 Å². The minimum Gasteiger partial charge on any atom is -0.477 e. The quantitative estimate of drug-likeness (QED) is 0.0211. The maximum atomic E-state index is 12.9. The average Bonchev–Trinajstić information content (AvgIpc) is 3.35. The summed E-state index contributed by atoms with van der Waals surface area (Å²) in [5.41, 5.74) is 0. The van der Waals surface area contributed by atoms with Crippen LogP contribution < -0.4 is 0 Å². The Labute approximate surface area is 443 Å². The summed E-state index contributed by atoms with van der Waals surface area (Å²) in [5, 5.41) is 9.70. The Balaban J connectivity index is 4.28. The fourth-order valence-electron chi connectivity index (χ4n) is 8.19. The number of rotatable bonds is 54. The molecule has 0 rings (SSSR count). The highest BCUT2D eigenvalue weighted by Crippen LogP contribution is 2.17. The van der Waals surface area contributed by atoms with Crippen LogP contribution in [0.3, 0.4) is 0 Å². The molecule has 416 valence electrons. The second kappa shape index (κ2) is 54.0. The van der Waals surface area contributed by atoms with Crippen LogP contribution in [0.15, 0.2) is 72.9 Å². The number of nitrogens with zero attached hydrogens (tertiary/aromatic N) is 1. The molecule has 0 saturated carbocycles. The number of unbranched alkanes of at least 4 members (excludes halogenated alkanes) is 27. The lowest BCUT2D eigenvalue weighted by atomic mass is 10.0. The van der Waals surface area contributed by atoms with Crippen LogP contribution in [0.1, 0.15) is 251 Å². The van der Waals surface area contributed by atoms with Crippen molar-refractivity contribution >= 4 is 17.9 Å². The smallest absolute Gasteiger partial charge is 0.361 e. The first kappa shape index (κ1) is 68.7. The van der Waals surface area contributed by atoms with Gasteiger partial charge in [-0.15, -0.1) is 0 Å². The summed E-state index contributed by atoms with van der Waals surface area (Å²) in [6.07, 6.45) is 67.0. The van der Waals surface area contributed by atoms with Gasteiger partial charge >= 0.3 is 17.9 Å². The first-order valence-corrected chi connectivity index (χ1v) is 29.6. The first-order valence-electron chi connectivity index (χ1n) is 29.6. The van der Waals surface area contributed by atoms with Gasteiger partial charge in [0.15, 0.2) is 6.10 Å². The average molecular weight is 1010 g/mol. The first-order chi connectivity index (χ1) is 35.1. The van der Waals surface area contributed by atoms with Gasteiger partial charge in [-0.25, -0.2) is 4.79 Å². The summed E-state index contributed by atoms with van der Waals surface area (Å²) in [5.74, 6) is -2.03. The molecule has 1 N–H and O–H groups in total.